The van der Waals surface area contributed by atoms with Gasteiger partial charge in [-0.15, -0.1) is 5.10 Å². The highest BCUT2D eigenvalue weighted by molar-refractivity contribution is 6.32. The molecule has 0 aliphatic carbocycles. The third-order valence-corrected chi connectivity index (χ3v) is 3.29. The third-order valence-electron chi connectivity index (χ3n) is 3.01. The lowest BCUT2D eigenvalue weighted by molar-refractivity contribution is 0.291. The Morgan fingerprint density at radius 3 is 2.78 bits per heavy atom. The van der Waals surface area contributed by atoms with E-state index >= 15 is 0 Å². The van der Waals surface area contributed by atoms with Crippen molar-refractivity contribution in [3.63, 3.8) is 0 Å². The van der Waals surface area contributed by atoms with Crippen LogP contribution in [0.1, 0.15) is 19.4 Å². The maximum absolute atomic E-state index is 9.08. The van der Waals surface area contributed by atoms with Crippen molar-refractivity contribution in [1.29, 1.82) is 0 Å². The number of aromatic hydroxyl groups is 1. The molecule has 1 N–H and O–H groups in total. The number of benzene rings is 1. The van der Waals surface area contributed by atoms with Gasteiger partial charge in [0.05, 0.1) is 11.6 Å². The average molecular weight is 267 g/mol. The van der Waals surface area contributed by atoms with E-state index in [4.69, 9.17) is 25.9 Å². The molecule has 0 saturated heterocycles. The van der Waals surface area contributed by atoms with Crippen molar-refractivity contribution in [2.75, 3.05) is 6.61 Å². The summed E-state index contributed by atoms with van der Waals surface area (Å²) in [6.45, 7) is 4.73. The monoisotopic (exact) mass is 266 g/mol. The van der Waals surface area contributed by atoms with Gasteiger partial charge < -0.3 is 14.3 Å². The Kier molecular flexibility index (Phi) is 2.28. The van der Waals surface area contributed by atoms with E-state index in [1.165, 1.54) is 0 Å². The Bertz CT molecular complexity index is 622. The average Bonchev–Trinajstić information content (AvgIpc) is 2.84. The molecule has 0 amide bonds. The first-order chi connectivity index (χ1) is 8.47. The Hall–Kier alpha value is -1.75. The van der Waals surface area contributed by atoms with Gasteiger partial charge in [0.25, 0.3) is 5.89 Å². The lowest BCUT2D eigenvalue weighted by atomic mass is 9.86. The van der Waals surface area contributed by atoms with E-state index in [0.29, 0.717) is 22.9 Å². The smallest absolute Gasteiger partial charge is 0.412 e. The zero-order valence-corrected chi connectivity index (χ0v) is 10.7. The van der Waals surface area contributed by atoms with Gasteiger partial charge in [0.2, 0.25) is 0 Å². The second kappa shape index (κ2) is 3.62. The van der Waals surface area contributed by atoms with Crippen LogP contribution in [0.3, 0.4) is 0 Å². The fourth-order valence-corrected chi connectivity index (χ4v) is 2.30. The topological polar surface area (TPSA) is 68.4 Å². The Morgan fingerprint density at radius 2 is 2.11 bits per heavy atom. The molecule has 94 valence electrons. The van der Waals surface area contributed by atoms with Crippen LogP contribution in [0.2, 0.25) is 5.02 Å². The number of nitrogens with zero attached hydrogens (tertiary/aromatic N) is 2. The van der Waals surface area contributed by atoms with Crippen molar-refractivity contribution >= 4 is 11.6 Å². The predicted octanol–water partition coefficient (Wildman–Crippen LogP) is 2.77. The molecule has 0 atom stereocenters. The largest absolute Gasteiger partial charge is 0.491 e. The van der Waals surface area contributed by atoms with E-state index in [0.717, 1.165) is 5.56 Å². The van der Waals surface area contributed by atoms with Gasteiger partial charge >= 0.3 is 6.08 Å². The Morgan fingerprint density at radius 1 is 1.33 bits per heavy atom. The molecule has 1 aliphatic rings. The Balaban J connectivity index is 2.17. The van der Waals surface area contributed by atoms with Gasteiger partial charge in [0, 0.05) is 16.5 Å². The predicted molar refractivity (Wildman–Crippen MR) is 64.9 cm³/mol. The second-order valence-corrected chi connectivity index (χ2v) is 5.30. The highest BCUT2D eigenvalue weighted by Crippen LogP contribution is 2.45. The quantitative estimate of drug-likeness (QED) is 0.859. The molecular formula is C12H11ClN2O3. The lowest BCUT2D eigenvalue weighted by Crippen LogP contribution is -2.18. The fourth-order valence-electron chi connectivity index (χ4n) is 2.03. The zero-order valence-electron chi connectivity index (χ0n) is 9.90. The molecule has 1 aromatic carbocycles. The summed E-state index contributed by atoms with van der Waals surface area (Å²) in [6.07, 6.45) is -0.461. The summed E-state index contributed by atoms with van der Waals surface area (Å²) in [5.74, 6) is 0.939. The van der Waals surface area contributed by atoms with E-state index < -0.39 is 6.08 Å². The zero-order chi connectivity index (χ0) is 12.9. The molecule has 3 rings (SSSR count). The molecule has 1 aromatic heterocycles. The summed E-state index contributed by atoms with van der Waals surface area (Å²) < 4.78 is 10.6. The second-order valence-electron chi connectivity index (χ2n) is 4.90. The molecule has 0 saturated carbocycles. The van der Waals surface area contributed by atoms with Crippen LogP contribution in [0.25, 0.3) is 11.5 Å². The number of rotatable bonds is 1. The van der Waals surface area contributed by atoms with Crippen LogP contribution >= 0.6 is 11.6 Å². The summed E-state index contributed by atoms with van der Waals surface area (Å²) in [6, 6.07) is 3.59. The number of halogens is 1. The van der Waals surface area contributed by atoms with E-state index in [-0.39, 0.29) is 11.3 Å². The summed E-state index contributed by atoms with van der Waals surface area (Å²) in [4.78, 5) is 0. The van der Waals surface area contributed by atoms with Gasteiger partial charge in [-0.05, 0) is 12.1 Å². The maximum Gasteiger partial charge on any atom is 0.412 e. The highest BCUT2D eigenvalue weighted by Gasteiger charge is 2.34. The van der Waals surface area contributed by atoms with Crippen LogP contribution in [0.5, 0.6) is 11.8 Å². The molecule has 5 nitrogen and oxygen atoms in total. The molecule has 0 unspecified atom stereocenters. The molecule has 2 aromatic rings. The SMILES string of the molecule is CC1(C)COc2c(Cl)cc(-c3nnc(O)o3)cc21. The van der Waals surface area contributed by atoms with Gasteiger partial charge in [-0.25, -0.2) is 0 Å². The van der Waals surface area contributed by atoms with E-state index in [1.54, 1.807) is 6.07 Å². The summed E-state index contributed by atoms with van der Waals surface area (Å²) in [5, 5.41) is 16.7. The number of hydrogen-bond donors (Lipinski definition) is 1. The van der Waals surface area contributed by atoms with E-state index in [9.17, 15) is 0 Å². The minimum absolute atomic E-state index is 0.114. The third kappa shape index (κ3) is 1.62. The number of fused-ring (bicyclic) bond motifs is 1. The van der Waals surface area contributed by atoms with Gasteiger partial charge in [-0.3, -0.25) is 0 Å². The molecule has 0 spiro atoms. The van der Waals surface area contributed by atoms with Gasteiger partial charge in [-0.1, -0.05) is 30.5 Å². The van der Waals surface area contributed by atoms with Crippen molar-refractivity contribution in [3.05, 3.63) is 22.7 Å². The van der Waals surface area contributed by atoms with Crippen LogP contribution in [0, 0.1) is 0 Å². The molecule has 18 heavy (non-hydrogen) atoms. The first kappa shape index (κ1) is 11.3. The van der Waals surface area contributed by atoms with Crippen LogP contribution in [-0.2, 0) is 5.41 Å². The van der Waals surface area contributed by atoms with Crippen molar-refractivity contribution in [1.82, 2.24) is 10.2 Å². The highest BCUT2D eigenvalue weighted by atomic mass is 35.5. The lowest BCUT2D eigenvalue weighted by Gasteiger charge is -2.15. The van der Waals surface area contributed by atoms with Crippen molar-refractivity contribution < 1.29 is 14.3 Å². The normalized spacial score (nSPS) is 16.4. The number of ether oxygens (including phenoxy) is 1. The molecule has 0 bridgehead atoms. The molecule has 2 heterocycles. The molecule has 0 fully saturated rings. The standard InChI is InChI=1S/C12H11ClN2O3/c1-12(2)5-17-9-7(12)3-6(4-8(9)13)10-14-15-11(16)18-10/h3-4H,5H2,1-2H3,(H,15,16). The summed E-state index contributed by atoms with van der Waals surface area (Å²) in [7, 11) is 0. The maximum atomic E-state index is 9.08. The van der Waals surface area contributed by atoms with Gasteiger partial charge in [-0.2, -0.15) is 0 Å². The number of hydrogen-bond acceptors (Lipinski definition) is 5. The van der Waals surface area contributed by atoms with Gasteiger partial charge in [0.15, 0.2) is 0 Å². The minimum Gasteiger partial charge on any atom is -0.491 e. The fraction of sp³-hybridized carbons (Fsp3) is 0.333. The first-order valence-corrected chi connectivity index (χ1v) is 5.85. The van der Waals surface area contributed by atoms with Crippen LogP contribution < -0.4 is 4.74 Å². The Labute approximate surface area is 108 Å². The summed E-state index contributed by atoms with van der Waals surface area (Å²) >= 11 is 6.18. The van der Waals surface area contributed by atoms with Crippen molar-refractivity contribution in [2.45, 2.75) is 19.3 Å². The molecular weight excluding hydrogens is 256 g/mol. The minimum atomic E-state index is -0.461. The number of aromatic nitrogens is 2. The van der Waals surface area contributed by atoms with E-state index in [1.807, 2.05) is 6.07 Å². The van der Waals surface area contributed by atoms with Crippen LogP contribution in [0.15, 0.2) is 16.5 Å². The van der Waals surface area contributed by atoms with Crippen LogP contribution in [-0.4, -0.2) is 21.9 Å². The van der Waals surface area contributed by atoms with Gasteiger partial charge in [0.1, 0.15) is 5.75 Å². The van der Waals surface area contributed by atoms with Crippen LogP contribution in [0.4, 0.5) is 0 Å². The van der Waals surface area contributed by atoms with Crippen molar-refractivity contribution in [3.8, 4) is 23.3 Å². The first-order valence-electron chi connectivity index (χ1n) is 5.47. The summed E-state index contributed by atoms with van der Waals surface area (Å²) in [5.41, 5.74) is 1.56. The molecule has 0 radical (unpaired) electrons. The van der Waals surface area contributed by atoms with E-state index in [2.05, 4.69) is 24.0 Å². The van der Waals surface area contributed by atoms with Crippen molar-refractivity contribution in [2.24, 2.45) is 0 Å². The molecule has 1 aliphatic heterocycles. The molecule has 6 heteroatoms.